The van der Waals surface area contributed by atoms with Gasteiger partial charge in [0, 0.05) is 18.1 Å². The van der Waals surface area contributed by atoms with Gasteiger partial charge in [-0.2, -0.15) is 0 Å². The molecule has 0 fully saturated rings. The Hall–Kier alpha value is -1.77. The maximum Gasteiger partial charge on any atom is 0.335 e. The Bertz CT molecular complexity index is 555. The van der Waals surface area contributed by atoms with Gasteiger partial charge >= 0.3 is 5.97 Å². The fourth-order valence-corrected chi connectivity index (χ4v) is 2.21. The Labute approximate surface area is 101 Å². The van der Waals surface area contributed by atoms with Crippen LogP contribution in [0.25, 0.3) is 10.9 Å². The van der Waals surface area contributed by atoms with E-state index in [1.54, 1.807) is 12.1 Å². The van der Waals surface area contributed by atoms with Crippen LogP contribution >= 0.6 is 0 Å². The largest absolute Gasteiger partial charge is 0.478 e. The molecule has 0 spiro atoms. The van der Waals surface area contributed by atoms with Crippen molar-refractivity contribution in [2.75, 3.05) is 0 Å². The molecule has 0 aliphatic carbocycles. The number of hydrogen-bond acceptors (Lipinski definition) is 1. The smallest absolute Gasteiger partial charge is 0.335 e. The summed E-state index contributed by atoms with van der Waals surface area (Å²) >= 11 is 0. The second-order valence-electron chi connectivity index (χ2n) is 4.40. The zero-order valence-corrected chi connectivity index (χ0v) is 10.2. The van der Waals surface area contributed by atoms with E-state index in [1.807, 2.05) is 19.2 Å². The number of aryl methyl sites for hydroxylation is 2. The summed E-state index contributed by atoms with van der Waals surface area (Å²) in [5, 5.41) is 10.0. The van der Waals surface area contributed by atoms with Crippen LogP contribution < -0.4 is 0 Å². The summed E-state index contributed by atoms with van der Waals surface area (Å²) in [5.41, 5.74) is 2.55. The first-order chi connectivity index (χ1) is 8.13. The van der Waals surface area contributed by atoms with Crippen LogP contribution in [0.3, 0.4) is 0 Å². The minimum Gasteiger partial charge on any atom is -0.478 e. The molecule has 90 valence electrons. The lowest BCUT2D eigenvalue weighted by molar-refractivity contribution is 0.0697. The molecule has 0 saturated heterocycles. The van der Waals surface area contributed by atoms with Crippen molar-refractivity contribution in [1.82, 2.24) is 4.57 Å². The molecular formula is C14H17NO2. The molecule has 2 rings (SSSR count). The van der Waals surface area contributed by atoms with Gasteiger partial charge in [0.15, 0.2) is 0 Å². The van der Waals surface area contributed by atoms with Gasteiger partial charge < -0.3 is 9.67 Å². The molecule has 3 nitrogen and oxygen atoms in total. The van der Waals surface area contributed by atoms with Crippen molar-refractivity contribution in [2.24, 2.45) is 0 Å². The summed E-state index contributed by atoms with van der Waals surface area (Å²) in [6, 6.07) is 5.48. The van der Waals surface area contributed by atoms with Crippen LogP contribution in [-0.2, 0) is 6.54 Å². The van der Waals surface area contributed by atoms with Gasteiger partial charge in [0.1, 0.15) is 0 Å². The molecule has 1 aromatic heterocycles. The molecule has 0 aliphatic rings. The molecule has 0 saturated carbocycles. The lowest BCUT2D eigenvalue weighted by Crippen LogP contribution is -2.00. The number of hydrogen-bond donors (Lipinski definition) is 1. The lowest BCUT2D eigenvalue weighted by atomic mass is 10.1. The van der Waals surface area contributed by atoms with Crippen molar-refractivity contribution >= 4 is 16.9 Å². The Balaban J connectivity index is 2.51. The first-order valence-electron chi connectivity index (χ1n) is 5.96. The van der Waals surface area contributed by atoms with E-state index in [1.165, 1.54) is 0 Å². The van der Waals surface area contributed by atoms with Crippen molar-refractivity contribution in [3.8, 4) is 0 Å². The Kier molecular flexibility index (Phi) is 3.18. The third-order valence-corrected chi connectivity index (χ3v) is 3.05. The van der Waals surface area contributed by atoms with E-state index in [-0.39, 0.29) is 0 Å². The molecule has 1 heterocycles. The number of carboxylic acids is 1. The van der Waals surface area contributed by atoms with Gasteiger partial charge in [0.2, 0.25) is 0 Å². The Morgan fingerprint density at radius 2 is 2.18 bits per heavy atom. The first-order valence-corrected chi connectivity index (χ1v) is 5.96. The average Bonchev–Trinajstić information content (AvgIpc) is 2.69. The number of aromatic nitrogens is 1. The van der Waals surface area contributed by atoms with E-state index < -0.39 is 5.97 Å². The highest BCUT2D eigenvalue weighted by Gasteiger charge is 2.09. The summed E-state index contributed by atoms with van der Waals surface area (Å²) in [6.45, 7) is 5.13. The SMILES string of the molecule is CCCCn1ccc2cc(C(=O)O)cc(C)c21. The van der Waals surface area contributed by atoms with Gasteiger partial charge in [-0.1, -0.05) is 13.3 Å². The van der Waals surface area contributed by atoms with Crippen molar-refractivity contribution < 1.29 is 9.90 Å². The molecule has 3 heteroatoms. The highest BCUT2D eigenvalue weighted by molar-refractivity contribution is 5.95. The number of nitrogens with zero attached hydrogens (tertiary/aromatic N) is 1. The minimum absolute atomic E-state index is 0.364. The van der Waals surface area contributed by atoms with Gasteiger partial charge in [-0.05, 0) is 37.1 Å². The standard InChI is InChI=1S/C14H17NO2/c1-3-4-6-15-7-5-11-9-12(14(16)17)8-10(2)13(11)15/h5,7-9H,3-4,6H2,1-2H3,(H,16,17). The van der Waals surface area contributed by atoms with E-state index in [0.717, 1.165) is 35.9 Å². The van der Waals surface area contributed by atoms with Crippen LogP contribution in [0.2, 0.25) is 0 Å². The highest BCUT2D eigenvalue weighted by Crippen LogP contribution is 2.22. The minimum atomic E-state index is -0.865. The average molecular weight is 231 g/mol. The Morgan fingerprint density at radius 3 is 2.82 bits per heavy atom. The van der Waals surface area contributed by atoms with Gasteiger partial charge in [-0.15, -0.1) is 0 Å². The second-order valence-corrected chi connectivity index (χ2v) is 4.40. The van der Waals surface area contributed by atoms with Gasteiger partial charge in [0.25, 0.3) is 0 Å². The quantitative estimate of drug-likeness (QED) is 0.875. The zero-order valence-electron chi connectivity index (χ0n) is 10.2. The third-order valence-electron chi connectivity index (χ3n) is 3.05. The monoisotopic (exact) mass is 231 g/mol. The number of aromatic carboxylic acids is 1. The second kappa shape index (κ2) is 4.62. The van der Waals surface area contributed by atoms with Crippen molar-refractivity contribution in [3.63, 3.8) is 0 Å². The summed E-state index contributed by atoms with van der Waals surface area (Å²) < 4.78 is 2.21. The molecular weight excluding hydrogens is 214 g/mol. The summed E-state index contributed by atoms with van der Waals surface area (Å²) in [6.07, 6.45) is 4.34. The number of carbonyl (C=O) groups is 1. The number of carboxylic acid groups (broad SMARTS) is 1. The van der Waals surface area contributed by atoms with Gasteiger partial charge in [-0.25, -0.2) is 4.79 Å². The molecule has 1 aromatic carbocycles. The van der Waals surface area contributed by atoms with Crippen LogP contribution in [-0.4, -0.2) is 15.6 Å². The fraction of sp³-hybridized carbons (Fsp3) is 0.357. The molecule has 1 N–H and O–H groups in total. The predicted octanol–water partition coefficient (Wildman–Crippen LogP) is 3.45. The summed E-state index contributed by atoms with van der Waals surface area (Å²) in [4.78, 5) is 11.0. The summed E-state index contributed by atoms with van der Waals surface area (Å²) in [5.74, 6) is -0.865. The fourth-order valence-electron chi connectivity index (χ4n) is 2.21. The molecule has 0 unspecified atom stereocenters. The molecule has 0 aliphatic heterocycles. The zero-order chi connectivity index (χ0) is 12.4. The number of benzene rings is 1. The molecule has 0 bridgehead atoms. The normalized spacial score (nSPS) is 10.9. The van der Waals surface area contributed by atoms with Crippen LogP contribution in [0.1, 0.15) is 35.7 Å². The maximum absolute atomic E-state index is 11.0. The number of rotatable bonds is 4. The van der Waals surface area contributed by atoms with E-state index in [4.69, 9.17) is 5.11 Å². The molecule has 0 atom stereocenters. The van der Waals surface area contributed by atoms with Gasteiger partial charge in [-0.3, -0.25) is 0 Å². The number of unbranched alkanes of at least 4 members (excludes halogenated alkanes) is 1. The highest BCUT2D eigenvalue weighted by atomic mass is 16.4. The van der Waals surface area contributed by atoms with E-state index in [2.05, 4.69) is 11.5 Å². The topological polar surface area (TPSA) is 42.2 Å². The predicted molar refractivity (Wildman–Crippen MR) is 68.5 cm³/mol. The lowest BCUT2D eigenvalue weighted by Gasteiger charge is -2.07. The Morgan fingerprint density at radius 1 is 1.41 bits per heavy atom. The first kappa shape index (κ1) is 11.7. The van der Waals surface area contributed by atoms with Crippen LogP contribution in [0.5, 0.6) is 0 Å². The maximum atomic E-state index is 11.0. The molecule has 0 radical (unpaired) electrons. The van der Waals surface area contributed by atoms with Crippen LogP contribution in [0, 0.1) is 6.92 Å². The molecule has 17 heavy (non-hydrogen) atoms. The van der Waals surface area contributed by atoms with E-state index in [9.17, 15) is 4.79 Å². The van der Waals surface area contributed by atoms with E-state index >= 15 is 0 Å². The van der Waals surface area contributed by atoms with E-state index in [0.29, 0.717) is 5.56 Å². The number of fused-ring (bicyclic) bond motifs is 1. The van der Waals surface area contributed by atoms with Crippen LogP contribution in [0.15, 0.2) is 24.4 Å². The van der Waals surface area contributed by atoms with Crippen molar-refractivity contribution in [1.29, 1.82) is 0 Å². The molecule has 0 amide bonds. The van der Waals surface area contributed by atoms with Crippen molar-refractivity contribution in [2.45, 2.75) is 33.2 Å². The van der Waals surface area contributed by atoms with Gasteiger partial charge in [0.05, 0.1) is 11.1 Å². The van der Waals surface area contributed by atoms with Crippen LogP contribution in [0.4, 0.5) is 0 Å². The summed E-state index contributed by atoms with van der Waals surface area (Å²) in [7, 11) is 0. The third kappa shape index (κ3) is 2.18. The van der Waals surface area contributed by atoms with Crippen molar-refractivity contribution in [3.05, 3.63) is 35.5 Å². The molecule has 2 aromatic rings.